The summed E-state index contributed by atoms with van der Waals surface area (Å²) in [7, 11) is 3.89. The minimum atomic E-state index is 0.241. The van der Waals surface area contributed by atoms with Crippen molar-refractivity contribution < 1.29 is 4.79 Å². The first kappa shape index (κ1) is 14.5. The number of nitrogens with zero attached hydrogens (tertiary/aromatic N) is 2. The Morgan fingerprint density at radius 1 is 1.59 bits per heavy atom. The third-order valence-corrected chi connectivity index (χ3v) is 3.96. The van der Waals surface area contributed by atoms with Crippen LogP contribution in [0.15, 0.2) is 0 Å². The molecule has 17 heavy (non-hydrogen) atoms. The Morgan fingerprint density at radius 2 is 2.29 bits per heavy atom. The van der Waals surface area contributed by atoms with Crippen molar-refractivity contribution in [2.24, 2.45) is 5.92 Å². The van der Waals surface area contributed by atoms with E-state index in [-0.39, 0.29) is 5.91 Å². The lowest BCUT2D eigenvalue weighted by atomic mass is 9.91. The summed E-state index contributed by atoms with van der Waals surface area (Å²) >= 11 is 0. The van der Waals surface area contributed by atoms with Gasteiger partial charge in [-0.05, 0) is 46.2 Å². The lowest BCUT2D eigenvalue weighted by molar-refractivity contribution is -0.131. The molecule has 4 heteroatoms. The molecule has 0 spiro atoms. The fourth-order valence-corrected chi connectivity index (χ4v) is 2.37. The number of piperidine rings is 1. The summed E-state index contributed by atoms with van der Waals surface area (Å²) in [4.78, 5) is 16.0. The largest absolute Gasteiger partial charge is 0.345 e. The highest BCUT2D eigenvalue weighted by molar-refractivity contribution is 5.77. The van der Waals surface area contributed by atoms with Gasteiger partial charge in [-0.2, -0.15) is 0 Å². The van der Waals surface area contributed by atoms with Crippen molar-refractivity contribution in [3.05, 3.63) is 0 Å². The van der Waals surface area contributed by atoms with Crippen molar-refractivity contribution in [3.63, 3.8) is 0 Å². The highest BCUT2D eigenvalue weighted by Crippen LogP contribution is 2.19. The molecule has 1 fully saturated rings. The molecule has 0 bridgehead atoms. The van der Waals surface area contributed by atoms with E-state index in [1.807, 2.05) is 21.0 Å². The second-order valence-corrected chi connectivity index (χ2v) is 5.12. The zero-order valence-electron chi connectivity index (χ0n) is 11.7. The van der Waals surface area contributed by atoms with Crippen LogP contribution in [0.2, 0.25) is 0 Å². The molecule has 1 amide bonds. The Kier molecular flexibility index (Phi) is 5.92. The summed E-state index contributed by atoms with van der Waals surface area (Å²) in [6.45, 7) is 7.73. The van der Waals surface area contributed by atoms with Crippen LogP contribution in [0.25, 0.3) is 0 Å². The van der Waals surface area contributed by atoms with E-state index in [4.69, 9.17) is 0 Å². The maximum atomic E-state index is 11.9. The van der Waals surface area contributed by atoms with Crippen LogP contribution in [-0.2, 0) is 4.79 Å². The van der Waals surface area contributed by atoms with Crippen LogP contribution in [0.5, 0.6) is 0 Å². The molecule has 1 aliphatic rings. The van der Waals surface area contributed by atoms with Crippen molar-refractivity contribution in [2.75, 3.05) is 40.3 Å². The quantitative estimate of drug-likeness (QED) is 0.773. The third-order valence-electron chi connectivity index (χ3n) is 3.96. The highest BCUT2D eigenvalue weighted by atomic mass is 16.2. The van der Waals surface area contributed by atoms with Gasteiger partial charge < -0.3 is 10.2 Å². The number of carbonyl (C=O) groups excluding carboxylic acids is 1. The lowest BCUT2D eigenvalue weighted by Crippen LogP contribution is -2.47. The molecule has 0 aliphatic carbocycles. The molecule has 1 N–H and O–H groups in total. The van der Waals surface area contributed by atoms with Crippen molar-refractivity contribution in [1.82, 2.24) is 15.1 Å². The predicted octanol–water partition coefficient (Wildman–Crippen LogP) is 0.785. The van der Waals surface area contributed by atoms with Gasteiger partial charge in [-0.1, -0.05) is 0 Å². The monoisotopic (exact) mass is 241 g/mol. The second kappa shape index (κ2) is 6.97. The number of likely N-dealkylation sites (N-methyl/N-ethyl adjacent to an activating group) is 1. The van der Waals surface area contributed by atoms with E-state index in [9.17, 15) is 4.79 Å². The zero-order valence-corrected chi connectivity index (χ0v) is 11.7. The molecule has 2 unspecified atom stereocenters. The molecule has 1 aliphatic heterocycles. The summed E-state index contributed by atoms with van der Waals surface area (Å²) < 4.78 is 0. The smallest absolute Gasteiger partial charge is 0.236 e. The maximum absolute atomic E-state index is 11.9. The minimum Gasteiger partial charge on any atom is -0.345 e. The fourth-order valence-electron chi connectivity index (χ4n) is 2.37. The molecule has 1 saturated heterocycles. The van der Waals surface area contributed by atoms with E-state index in [1.54, 1.807) is 4.90 Å². The molecular weight excluding hydrogens is 214 g/mol. The first-order valence-electron chi connectivity index (χ1n) is 6.72. The number of carbonyl (C=O) groups is 1. The van der Waals surface area contributed by atoms with Crippen LogP contribution in [0.1, 0.15) is 26.7 Å². The summed E-state index contributed by atoms with van der Waals surface area (Å²) in [5.41, 5.74) is 0. The van der Waals surface area contributed by atoms with Gasteiger partial charge in [0.2, 0.25) is 5.91 Å². The second-order valence-electron chi connectivity index (χ2n) is 5.12. The lowest BCUT2D eigenvalue weighted by Gasteiger charge is -2.35. The maximum Gasteiger partial charge on any atom is 0.236 e. The normalized spacial score (nSPS) is 23.4. The number of amides is 1. The molecule has 100 valence electrons. The Labute approximate surface area is 105 Å². The van der Waals surface area contributed by atoms with Gasteiger partial charge in [-0.15, -0.1) is 0 Å². The van der Waals surface area contributed by atoms with Crippen molar-refractivity contribution >= 4 is 5.91 Å². The van der Waals surface area contributed by atoms with Gasteiger partial charge in [0.25, 0.3) is 0 Å². The first-order chi connectivity index (χ1) is 8.08. The van der Waals surface area contributed by atoms with E-state index < -0.39 is 0 Å². The molecule has 0 aromatic rings. The van der Waals surface area contributed by atoms with Crippen molar-refractivity contribution in [2.45, 2.75) is 32.7 Å². The van der Waals surface area contributed by atoms with Crippen LogP contribution >= 0.6 is 0 Å². The zero-order chi connectivity index (χ0) is 12.8. The third kappa shape index (κ3) is 4.28. The molecule has 0 aromatic heterocycles. The SMILES string of the molecule is CCN(C)C(=O)CN1CCCC(C(C)NC)C1. The molecule has 1 rings (SSSR count). The van der Waals surface area contributed by atoms with Gasteiger partial charge in [-0.3, -0.25) is 9.69 Å². The van der Waals surface area contributed by atoms with Gasteiger partial charge >= 0.3 is 0 Å². The highest BCUT2D eigenvalue weighted by Gasteiger charge is 2.25. The number of likely N-dealkylation sites (tertiary alicyclic amines) is 1. The van der Waals surface area contributed by atoms with Gasteiger partial charge in [0, 0.05) is 26.2 Å². The van der Waals surface area contributed by atoms with E-state index in [0.29, 0.717) is 18.5 Å². The van der Waals surface area contributed by atoms with Crippen LogP contribution in [0.4, 0.5) is 0 Å². The molecule has 0 saturated carbocycles. The van der Waals surface area contributed by atoms with Crippen LogP contribution in [-0.4, -0.2) is 62.0 Å². The fraction of sp³-hybridized carbons (Fsp3) is 0.923. The van der Waals surface area contributed by atoms with Crippen molar-refractivity contribution in [1.29, 1.82) is 0 Å². The molecule has 0 aromatic carbocycles. The Hall–Kier alpha value is -0.610. The molecular formula is C13H27N3O. The molecule has 4 nitrogen and oxygen atoms in total. The average molecular weight is 241 g/mol. The average Bonchev–Trinajstić information content (AvgIpc) is 2.37. The number of hydrogen-bond donors (Lipinski definition) is 1. The minimum absolute atomic E-state index is 0.241. The predicted molar refractivity (Wildman–Crippen MR) is 71.0 cm³/mol. The van der Waals surface area contributed by atoms with E-state index >= 15 is 0 Å². The molecule has 0 radical (unpaired) electrons. The first-order valence-corrected chi connectivity index (χ1v) is 6.72. The van der Waals surface area contributed by atoms with Gasteiger partial charge in [0.1, 0.15) is 0 Å². The van der Waals surface area contributed by atoms with E-state index in [0.717, 1.165) is 19.6 Å². The Bertz CT molecular complexity index is 245. The van der Waals surface area contributed by atoms with Crippen LogP contribution in [0, 0.1) is 5.92 Å². The summed E-state index contributed by atoms with van der Waals surface area (Å²) in [6.07, 6.45) is 2.48. The summed E-state index contributed by atoms with van der Waals surface area (Å²) in [5, 5.41) is 3.32. The number of rotatable bonds is 5. The topological polar surface area (TPSA) is 35.6 Å². The van der Waals surface area contributed by atoms with Gasteiger partial charge in [0.15, 0.2) is 0 Å². The Balaban J connectivity index is 2.42. The van der Waals surface area contributed by atoms with Crippen molar-refractivity contribution in [3.8, 4) is 0 Å². The molecule has 1 heterocycles. The molecule has 2 atom stereocenters. The number of hydrogen-bond acceptors (Lipinski definition) is 3. The van der Waals surface area contributed by atoms with Crippen LogP contribution < -0.4 is 5.32 Å². The Morgan fingerprint density at radius 3 is 2.88 bits per heavy atom. The summed E-state index contributed by atoms with van der Waals surface area (Å²) in [5.74, 6) is 0.916. The van der Waals surface area contributed by atoms with Gasteiger partial charge in [0.05, 0.1) is 6.54 Å². The summed E-state index contributed by atoms with van der Waals surface area (Å²) in [6, 6.07) is 0.539. The standard InChI is InChI=1S/C13H27N3O/c1-5-15(4)13(17)10-16-8-6-7-12(9-16)11(2)14-3/h11-12,14H,5-10H2,1-4H3. The van der Waals surface area contributed by atoms with Gasteiger partial charge in [-0.25, -0.2) is 0 Å². The van der Waals surface area contributed by atoms with Crippen LogP contribution in [0.3, 0.4) is 0 Å². The van der Waals surface area contributed by atoms with E-state index in [2.05, 4.69) is 17.1 Å². The number of nitrogens with one attached hydrogen (secondary N) is 1. The van der Waals surface area contributed by atoms with E-state index in [1.165, 1.54) is 12.8 Å².